The standard InChI is InChI=1S/C27H39N3O6Si/c1-17-25(37(3,4)35)22(15-24(33)30-13-7-8-19(30)16-31)36-27(17)20-14-18(29-12-6-5-9-23(29)32)10-11-21(20)28(2)26(27)34/h10-11,14,17,19,22,25,31,35H,5-9,12-13,15-16H2,1-4H3/t17-,19+,22+,25-,27+/m1/s1. The van der Waals surface area contributed by atoms with Gasteiger partial charge < -0.3 is 29.3 Å². The molecular formula is C27H39N3O6Si. The van der Waals surface area contributed by atoms with Crippen molar-refractivity contribution in [2.75, 3.05) is 36.5 Å². The van der Waals surface area contributed by atoms with Gasteiger partial charge in [0.05, 0.1) is 30.9 Å². The number of carbonyl (C=O) groups excluding carboxylic acids is 3. The number of ether oxygens (including phenoxy) is 1. The topological polar surface area (TPSA) is 111 Å². The van der Waals surface area contributed by atoms with E-state index in [2.05, 4.69) is 0 Å². The van der Waals surface area contributed by atoms with Crippen molar-refractivity contribution >= 4 is 37.4 Å². The van der Waals surface area contributed by atoms with Gasteiger partial charge in [-0.3, -0.25) is 14.4 Å². The van der Waals surface area contributed by atoms with E-state index in [1.54, 1.807) is 21.7 Å². The first-order chi connectivity index (χ1) is 17.5. The van der Waals surface area contributed by atoms with Crippen LogP contribution in [0.5, 0.6) is 0 Å². The Morgan fingerprint density at radius 1 is 1.19 bits per heavy atom. The summed E-state index contributed by atoms with van der Waals surface area (Å²) in [5.41, 5.74) is 0.503. The summed E-state index contributed by atoms with van der Waals surface area (Å²) in [7, 11) is -1.16. The van der Waals surface area contributed by atoms with Crippen LogP contribution in [0.1, 0.15) is 51.0 Å². The maximum atomic E-state index is 13.9. The predicted octanol–water partition coefficient (Wildman–Crippen LogP) is 2.35. The van der Waals surface area contributed by atoms with Crippen molar-refractivity contribution < 1.29 is 29.0 Å². The molecule has 0 bridgehead atoms. The lowest BCUT2D eigenvalue weighted by Crippen LogP contribution is -2.45. The molecule has 1 spiro atoms. The molecule has 5 atom stereocenters. The largest absolute Gasteiger partial charge is 0.432 e. The van der Waals surface area contributed by atoms with Crippen LogP contribution >= 0.6 is 0 Å². The van der Waals surface area contributed by atoms with Crippen molar-refractivity contribution in [2.24, 2.45) is 5.92 Å². The van der Waals surface area contributed by atoms with Crippen molar-refractivity contribution in [1.29, 1.82) is 0 Å². The number of anilines is 2. The molecule has 202 valence electrons. The maximum Gasteiger partial charge on any atom is 0.264 e. The number of hydrogen-bond donors (Lipinski definition) is 2. The molecule has 3 fully saturated rings. The fourth-order valence-corrected chi connectivity index (χ4v) is 9.82. The summed E-state index contributed by atoms with van der Waals surface area (Å²) < 4.78 is 6.71. The Balaban J connectivity index is 1.53. The van der Waals surface area contributed by atoms with Gasteiger partial charge in [-0.1, -0.05) is 6.92 Å². The summed E-state index contributed by atoms with van der Waals surface area (Å²) in [6.45, 7) is 6.80. The SMILES string of the molecule is C[C@@H]1[C@@H]([Si](C)(C)O)[C@H](CC(=O)N2CCC[C@H]2CO)O[C@@]12C(=O)N(C)c1ccc(N3CCCCC3=O)cc12. The van der Waals surface area contributed by atoms with Gasteiger partial charge in [0.1, 0.15) is 0 Å². The van der Waals surface area contributed by atoms with Gasteiger partial charge in [-0.15, -0.1) is 0 Å². The van der Waals surface area contributed by atoms with Crippen molar-refractivity contribution in [2.45, 2.75) is 81.8 Å². The molecule has 3 amide bonds. The number of fused-ring (bicyclic) bond motifs is 2. The minimum absolute atomic E-state index is 0.0564. The van der Waals surface area contributed by atoms with Crippen LogP contribution in [0.15, 0.2) is 18.2 Å². The summed E-state index contributed by atoms with van der Waals surface area (Å²) in [5, 5.41) is 9.73. The van der Waals surface area contributed by atoms with Crippen LogP contribution in [-0.4, -0.2) is 79.7 Å². The highest BCUT2D eigenvalue weighted by atomic mass is 28.4. The Morgan fingerprint density at radius 2 is 1.95 bits per heavy atom. The number of carbonyl (C=O) groups is 3. The number of nitrogens with zero attached hydrogens (tertiary/aromatic N) is 3. The van der Waals surface area contributed by atoms with Gasteiger partial charge in [-0.05, 0) is 57.0 Å². The minimum atomic E-state index is -2.89. The first kappa shape index (κ1) is 26.3. The van der Waals surface area contributed by atoms with E-state index >= 15 is 0 Å². The van der Waals surface area contributed by atoms with Crippen molar-refractivity contribution in [1.82, 2.24) is 4.90 Å². The Hall–Kier alpha value is -2.27. The monoisotopic (exact) mass is 529 g/mol. The van der Waals surface area contributed by atoms with Crippen LogP contribution in [0.25, 0.3) is 0 Å². The number of aliphatic hydroxyl groups is 1. The molecular weight excluding hydrogens is 490 g/mol. The molecule has 5 rings (SSSR count). The average molecular weight is 530 g/mol. The zero-order valence-corrected chi connectivity index (χ0v) is 23.3. The van der Waals surface area contributed by atoms with E-state index in [-0.39, 0.29) is 48.3 Å². The van der Waals surface area contributed by atoms with Gasteiger partial charge in [0.15, 0.2) is 13.9 Å². The van der Waals surface area contributed by atoms with Crippen LogP contribution in [-0.2, 0) is 24.7 Å². The first-order valence-corrected chi connectivity index (χ1v) is 16.6. The lowest BCUT2D eigenvalue weighted by molar-refractivity contribution is -0.149. The second-order valence-corrected chi connectivity index (χ2v) is 15.7. The second kappa shape index (κ2) is 9.48. The summed E-state index contributed by atoms with van der Waals surface area (Å²) >= 11 is 0. The molecule has 0 aromatic heterocycles. The van der Waals surface area contributed by atoms with E-state index < -0.39 is 20.0 Å². The summed E-state index contributed by atoms with van der Waals surface area (Å²) in [6, 6.07) is 5.48. The number of amides is 3. The Labute approximate surface area is 219 Å². The fraction of sp³-hybridized carbons (Fsp3) is 0.667. The van der Waals surface area contributed by atoms with E-state index in [0.29, 0.717) is 25.1 Å². The number of piperidine rings is 1. The highest BCUT2D eigenvalue weighted by Gasteiger charge is 2.66. The Kier molecular flexibility index (Phi) is 6.75. The number of hydrogen-bond acceptors (Lipinski definition) is 6. The molecule has 1 aromatic carbocycles. The third kappa shape index (κ3) is 4.12. The fourth-order valence-electron chi connectivity index (χ4n) is 7.26. The number of aliphatic hydroxyl groups excluding tert-OH is 1. The van der Waals surface area contributed by atoms with Crippen molar-refractivity contribution in [3.63, 3.8) is 0 Å². The summed E-state index contributed by atoms with van der Waals surface area (Å²) in [5.74, 6) is -0.606. The zero-order valence-electron chi connectivity index (χ0n) is 22.3. The third-order valence-corrected chi connectivity index (χ3v) is 11.5. The van der Waals surface area contributed by atoms with Gasteiger partial charge in [-0.2, -0.15) is 0 Å². The molecule has 2 N–H and O–H groups in total. The molecule has 3 saturated heterocycles. The number of rotatable bonds is 5. The molecule has 0 aliphatic carbocycles. The molecule has 10 heteroatoms. The van der Waals surface area contributed by atoms with Gasteiger partial charge >= 0.3 is 0 Å². The van der Waals surface area contributed by atoms with Crippen LogP contribution < -0.4 is 9.80 Å². The van der Waals surface area contributed by atoms with E-state index in [1.165, 1.54) is 0 Å². The predicted molar refractivity (Wildman–Crippen MR) is 142 cm³/mol. The average Bonchev–Trinajstić information content (AvgIpc) is 3.50. The van der Waals surface area contributed by atoms with Gasteiger partial charge in [0, 0.05) is 49.3 Å². The molecule has 4 aliphatic heterocycles. The van der Waals surface area contributed by atoms with E-state index in [9.17, 15) is 24.3 Å². The molecule has 4 heterocycles. The van der Waals surface area contributed by atoms with Crippen LogP contribution in [0, 0.1) is 5.92 Å². The molecule has 0 saturated carbocycles. The second-order valence-electron chi connectivity index (χ2n) is 11.7. The molecule has 9 nitrogen and oxygen atoms in total. The van der Waals surface area contributed by atoms with Crippen LogP contribution in [0.3, 0.4) is 0 Å². The summed E-state index contributed by atoms with van der Waals surface area (Å²) in [4.78, 5) is 56.5. The highest BCUT2D eigenvalue weighted by Crippen LogP contribution is 2.59. The van der Waals surface area contributed by atoms with Gasteiger partial charge in [-0.25, -0.2) is 0 Å². The lowest BCUT2D eigenvalue weighted by Gasteiger charge is -2.33. The third-order valence-electron chi connectivity index (χ3n) is 9.02. The first-order valence-electron chi connectivity index (χ1n) is 13.5. The van der Waals surface area contributed by atoms with Gasteiger partial charge in [0.2, 0.25) is 11.8 Å². The van der Waals surface area contributed by atoms with E-state index in [0.717, 1.165) is 37.1 Å². The minimum Gasteiger partial charge on any atom is -0.432 e. The lowest BCUT2D eigenvalue weighted by atomic mass is 9.82. The van der Waals surface area contributed by atoms with Crippen LogP contribution in [0.4, 0.5) is 11.4 Å². The Morgan fingerprint density at radius 3 is 2.62 bits per heavy atom. The van der Waals surface area contributed by atoms with Crippen molar-refractivity contribution in [3.05, 3.63) is 23.8 Å². The van der Waals surface area contributed by atoms with Crippen LogP contribution in [0.2, 0.25) is 18.6 Å². The Bertz CT molecular complexity index is 1110. The normalized spacial score (nSPS) is 32.1. The van der Waals surface area contributed by atoms with Gasteiger partial charge in [0.25, 0.3) is 5.91 Å². The van der Waals surface area contributed by atoms with E-state index in [1.807, 2.05) is 38.2 Å². The highest BCUT2D eigenvalue weighted by molar-refractivity contribution is 6.71. The zero-order chi connectivity index (χ0) is 26.7. The number of likely N-dealkylation sites (N-methyl/N-ethyl adjacent to an activating group) is 1. The molecule has 4 aliphatic rings. The smallest absolute Gasteiger partial charge is 0.264 e. The number of likely N-dealkylation sites (tertiary alicyclic amines) is 1. The summed E-state index contributed by atoms with van der Waals surface area (Å²) in [6.07, 6.45) is 3.37. The molecule has 37 heavy (non-hydrogen) atoms. The maximum absolute atomic E-state index is 13.9. The molecule has 0 radical (unpaired) electrons. The molecule has 1 aromatic rings. The number of benzene rings is 1. The van der Waals surface area contributed by atoms with E-state index in [4.69, 9.17) is 4.74 Å². The molecule has 0 unspecified atom stereocenters. The van der Waals surface area contributed by atoms with Crippen molar-refractivity contribution in [3.8, 4) is 0 Å². The quantitative estimate of drug-likeness (QED) is 0.567.